The summed E-state index contributed by atoms with van der Waals surface area (Å²) in [5.74, 6) is 0.729. The van der Waals surface area contributed by atoms with Gasteiger partial charge in [-0.15, -0.1) is 0 Å². The predicted octanol–water partition coefficient (Wildman–Crippen LogP) is 2.10. The highest BCUT2D eigenvalue weighted by Crippen LogP contribution is 2.16. The lowest BCUT2D eigenvalue weighted by Crippen LogP contribution is -2.39. The van der Waals surface area contributed by atoms with Gasteiger partial charge in [0, 0.05) is 27.2 Å². The molecule has 5 nitrogen and oxygen atoms in total. The molecule has 0 radical (unpaired) electrons. The summed E-state index contributed by atoms with van der Waals surface area (Å²) in [6, 6.07) is 7.43. The second-order valence-electron chi connectivity index (χ2n) is 4.79. The fourth-order valence-electron chi connectivity index (χ4n) is 1.84. The van der Waals surface area contributed by atoms with Crippen LogP contribution in [0, 0.1) is 0 Å². The number of hydrogen-bond acceptors (Lipinski definition) is 3. The van der Waals surface area contributed by atoms with Crippen LogP contribution in [0.25, 0.3) is 0 Å². The molecule has 0 aromatic heterocycles. The van der Waals surface area contributed by atoms with Gasteiger partial charge in [-0.05, 0) is 24.1 Å². The van der Waals surface area contributed by atoms with Crippen LogP contribution in [0.2, 0.25) is 0 Å². The molecule has 0 amide bonds. The van der Waals surface area contributed by atoms with E-state index in [9.17, 15) is 8.42 Å². The van der Waals surface area contributed by atoms with E-state index in [0.717, 1.165) is 24.2 Å². The van der Waals surface area contributed by atoms with Crippen molar-refractivity contribution in [2.45, 2.75) is 26.3 Å². The van der Waals surface area contributed by atoms with E-state index in [1.807, 2.05) is 31.2 Å². The highest BCUT2D eigenvalue weighted by Gasteiger charge is 2.23. The molecule has 1 aromatic carbocycles. The molecule has 114 valence electrons. The SMILES string of the molecule is CCCCN(C)S(=O)(=O)N(C)Cc1cccc(OC)c1. The number of hydrogen-bond donors (Lipinski definition) is 0. The largest absolute Gasteiger partial charge is 0.497 e. The molecule has 0 heterocycles. The topological polar surface area (TPSA) is 49.9 Å². The van der Waals surface area contributed by atoms with Crippen molar-refractivity contribution in [1.82, 2.24) is 8.61 Å². The maximum atomic E-state index is 12.3. The molecule has 0 aliphatic rings. The van der Waals surface area contributed by atoms with E-state index in [-0.39, 0.29) is 0 Å². The van der Waals surface area contributed by atoms with Crippen molar-refractivity contribution in [3.63, 3.8) is 0 Å². The molecule has 0 aliphatic carbocycles. The molecule has 0 N–H and O–H groups in total. The lowest BCUT2D eigenvalue weighted by atomic mass is 10.2. The van der Waals surface area contributed by atoms with Crippen molar-refractivity contribution in [3.8, 4) is 5.75 Å². The number of benzene rings is 1. The van der Waals surface area contributed by atoms with E-state index in [1.54, 1.807) is 21.2 Å². The first-order valence-corrected chi connectivity index (χ1v) is 8.12. The van der Waals surface area contributed by atoms with E-state index >= 15 is 0 Å². The molecule has 0 bridgehead atoms. The minimum Gasteiger partial charge on any atom is -0.497 e. The Hall–Kier alpha value is -1.11. The normalized spacial score (nSPS) is 12.1. The second kappa shape index (κ2) is 7.61. The van der Waals surface area contributed by atoms with Crippen LogP contribution in [0.5, 0.6) is 5.75 Å². The highest BCUT2D eigenvalue weighted by molar-refractivity contribution is 7.86. The smallest absolute Gasteiger partial charge is 0.281 e. The van der Waals surface area contributed by atoms with Crippen molar-refractivity contribution >= 4 is 10.2 Å². The van der Waals surface area contributed by atoms with Crippen molar-refractivity contribution < 1.29 is 13.2 Å². The minimum absolute atomic E-state index is 0.329. The molecular formula is C14H24N2O3S. The van der Waals surface area contributed by atoms with Crippen LogP contribution < -0.4 is 4.74 Å². The molecule has 6 heteroatoms. The van der Waals surface area contributed by atoms with E-state index in [0.29, 0.717) is 13.1 Å². The molecule has 0 fully saturated rings. The van der Waals surface area contributed by atoms with E-state index in [2.05, 4.69) is 0 Å². The van der Waals surface area contributed by atoms with Gasteiger partial charge in [-0.2, -0.15) is 17.0 Å². The van der Waals surface area contributed by atoms with Gasteiger partial charge in [-0.1, -0.05) is 25.5 Å². The Morgan fingerprint density at radius 2 is 1.90 bits per heavy atom. The van der Waals surface area contributed by atoms with Crippen LogP contribution in [0.4, 0.5) is 0 Å². The van der Waals surface area contributed by atoms with Gasteiger partial charge in [0.25, 0.3) is 10.2 Å². The van der Waals surface area contributed by atoms with Crippen LogP contribution in [0.3, 0.4) is 0 Å². The predicted molar refractivity (Wildman–Crippen MR) is 80.9 cm³/mol. The Morgan fingerprint density at radius 3 is 2.50 bits per heavy atom. The van der Waals surface area contributed by atoms with Gasteiger partial charge in [-0.25, -0.2) is 0 Å². The van der Waals surface area contributed by atoms with Crippen molar-refractivity contribution in [3.05, 3.63) is 29.8 Å². The van der Waals surface area contributed by atoms with Crippen LogP contribution in [0.15, 0.2) is 24.3 Å². The Kier molecular flexibility index (Phi) is 6.45. The first kappa shape index (κ1) is 16.9. The maximum Gasteiger partial charge on any atom is 0.281 e. The molecule has 20 heavy (non-hydrogen) atoms. The first-order chi connectivity index (χ1) is 9.41. The van der Waals surface area contributed by atoms with Gasteiger partial charge in [-0.3, -0.25) is 0 Å². The van der Waals surface area contributed by atoms with Crippen molar-refractivity contribution in [2.24, 2.45) is 0 Å². The Bertz CT molecular complexity index is 517. The average molecular weight is 300 g/mol. The number of methoxy groups -OCH3 is 1. The summed E-state index contributed by atoms with van der Waals surface area (Å²) in [5, 5.41) is 0. The fourth-order valence-corrected chi connectivity index (χ4v) is 2.99. The van der Waals surface area contributed by atoms with Gasteiger partial charge in [0.2, 0.25) is 0 Å². The van der Waals surface area contributed by atoms with Crippen LogP contribution in [-0.2, 0) is 16.8 Å². The lowest BCUT2D eigenvalue weighted by Gasteiger charge is -2.24. The molecule has 1 rings (SSSR count). The number of nitrogens with zero attached hydrogens (tertiary/aromatic N) is 2. The van der Waals surface area contributed by atoms with Crippen LogP contribution >= 0.6 is 0 Å². The van der Waals surface area contributed by atoms with E-state index in [1.165, 1.54) is 8.61 Å². The van der Waals surface area contributed by atoms with Gasteiger partial charge < -0.3 is 4.74 Å². The molecule has 0 aliphatic heterocycles. The standard InChI is InChI=1S/C14H24N2O3S/c1-5-6-10-15(2)20(17,18)16(3)12-13-8-7-9-14(11-13)19-4/h7-9,11H,5-6,10,12H2,1-4H3. The van der Waals surface area contributed by atoms with Crippen LogP contribution in [0.1, 0.15) is 25.3 Å². The Labute approximate surface area is 122 Å². The number of unbranched alkanes of at least 4 members (excludes halogenated alkanes) is 1. The fraction of sp³-hybridized carbons (Fsp3) is 0.571. The van der Waals surface area contributed by atoms with Crippen molar-refractivity contribution in [1.29, 1.82) is 0 Å². The van der Waals surface area contributed by atoms with Gasteiger partial charge in [0.1, 0.15) is 5.75 Å². The maximum absolute atomic E-state index is 12.3. The zero-order valence-corrected chi connectivity index (χ0v) is 13.5. The zero-order chi connectivity index (χ0) is 15.2. The zero-order valence-electron chi connectivity index (χ0n) is 12.7. The summed E-state index contributed by atoms with van der Waals surface area (Å²) in [7, 11) is 1.40. The number of rotatable bonds is 8. The van der Waals surface area contributed by atoms with Crippen LogP contribution in [-0.4, -0.2) is 44.8 Å². The van der Waals surface area contributed by atoms with Gasteiger partial charge in [0.05, 0.1) is 7.11 Å². The summed E-state index contributed by atoms with van der Waals surface area (Å²) in [6.07, 6.45) is 1.84. The molecule has 0 unspecified atom stereocenters. The number of ether oxygens (including phenoxy) is 1. The quantitative estimate of drug-likeness (QED) is 0.739. The Morgan fingerprint density at radius 1 is 1.20 bits per heavy atom. The summed E-state index contributed by atoms with van der Waals surface area (Å²) in [4.78, 5) is 0. The molecule has 0 saturated carbocycles. The third-order valence-corrected chi connectivity index (χ3v) is 5.04. The molecule has 0 spiro atoms. The average Bonchev–Trinajstić information content (AvgIpc) is 2.44. The Balaban J connectivity index is 2.75. The second-order valence-corrected chi connectivity index (χ2v) is 6.93. The van der Waals surface area contributed by atoms with Crippen molar-refractivity contribution in [2.75, 3.05) is 27.7 Å². The summed E-state index contributed by atoms with van der Waals surface area (Å²) >= 11 is 0. The highest BCUT2D eigenvalue weighted by atomic mass is 32.2. The third kappa shape index (κ3) is 4.47. The van der Waals surface area contributed by atoms with E-state index in [4.69, 9.17) is 4.74 Å². The first-order valence-electron chi connectivity index (χ1n) is 6.72. The van der Waals surface area contributed by atoms with Gasteiger partial charge in [0.15, 0.2) is 0 Å². The molecule has 1 aromatic rings. The summed E-state index contributed by atoms with van der Waals surface area (Å²) < 4.78 is 32.5. The minimum atomic E-state index is -3.40. The molecule has 0 atom stereocenters. The van der Waals surface area contributed by atoms with E-state index < -0.39 is 10.2 Å². The van der Waals surface area contributed by atoms with Gasteiger partial charge >= 0.3 is 0 Å². The molecule has 0 saturated heterocycles. The third-order valence-electron chi connectivity index (χ3n) is 3.15. The lowest BCUT2D eigenvalue weighted by molar-refractivity contribution is 0.383. The molecular weight excluding hydrogens is 276 g/mol. The summed E-state index contributed by atoms with van der Waals surface area (Å²) in [6.45, 7) is 2.91. The monoisotopic (exact) mass is 300 g/mol. The summed E-state index contributed by atoms with van der Waals surface area (Å²) in [5.41, 5.74) is 0.902.